The minimum absolute atomic E-state index is 0.173. The maximum absolute atomic E-state index is 12.1. The van der Waals surface area contributed by atoms with Gasteiger partial charge in [0.15, 0.2) is 0 Å². The zero-order valence-corrected chi connectivity index (χ0v) is 12.3. The van der Waals surface area contributed by atoms with E-state index in [9.17, 15) is 9.59 Å². The molecule has 0 spiro atoms. The van der Waals surface area contributed by atoms with E-state index >= 15 is 0 Å². The second-order valence-corrected chi connectivity index (χ2v) is 4.86. The van der Waals surface area contributed by atoms with Crippen LogP contribution in [0.1, 0.15) is 27.3 Å². The van der Waals surface area contributed by atoms with E-state index < -0.39 is 5.97 Å². The summed E-state index contributed by atoms with van der Waals surface area (Å²) in [4.78, 5) is 26.9. The van der Waals surface area contributed by atoms with E-state index in [1.807, 2.05) is 19.9 Å². The van der Waals surface area contributed by atoms with Gasteiger partial charge in [0.25, 0.3) is 0 Å². The molecule has 110 valence electrons. The number of aromatic amines is 1. The van der Waals surface area contributed by atoms with Crippen molar-refractivity contribution in [1.29, 1.82) is 0 Å². The Balaban J connectivity index is 2.13. The molecule has 0 unspecified atom stereocenters. The van der Waals surface area contributed by atoms with Crippen molar-refractivity contribution in [2.75, 3.05) is 12.4 Å². The third kappa shape index (κ3) is 3.51. The van der Waals surface area contributed by atoms with Crippen molar-refractivity contribution >= 4 is 17.6 Å². The maximum atomic E-state index is 12.1. The van der Waals surface area contributed by atoms with Crippen molar-refractivity contribution in [3.05, 3.63) is 52.8 Å². The smallest absolute Gasteiger partial charge is 0.339 e. The number of esters is 1. The highest BCUT2D eigenvalue weighted by atomic mass is 16.5. The molecule has 0 aliphatic carbocycles. The van der Waals surface area contributed by atoms with Gasteiger partial charge in [0.05, 0.1) is 24.8 Å². The lowest BCUT2D eigenvalue weighted by atomic mass is 10.1. The fraction of sp³-hybridized carbons (Fsp3) is 0.250. The Morgan fingerprint density at radius 2 is 1.95 bits per heavy atom. The fourth-order valence-electron chi connectivity index (χ4n) is 2.21. The molecule has 0 bridgehead atoms. The number of hydrogen-bond acceptors (Lipinski definition) is 3. The number of H-pyrrole nitrogens is 1. The second kappa shape index (κ2) is 6.26. The average molecular weight is 286 g/mol. The number of benzene rings is 1. The van der Waals surface area contributed by atoms with Crippen LogP contribution in [0.15, 0.2) is 30.3 Å². The largest absolute Gasteiger partial charge is 0.465 e. The zero-order valence-electron chi connectivity index (χ0n) is 12.3. The normalized spacial score (nSPS) is 10.2. The third-order valence-electron chi connectivity index (χ3n) is 3.21. The molecule has 21 heavy (non-hydrogen) atoms. The SMILES string of the molecule is COC(=O)c1ccccc1NC(=O)Cc1cc(C)[nH]c1C. The summed E-state index contributed by atoms with van der Waals surface area (Å²) in [6.45, 7) is 3.87. The van der Waals surface area contributed by atoms with Gasteiger partial charge in [0, 0.05) is 11.4 Å². The second-order valence-electron chi connectivity index (χ2n) is 4.86. The topological polar surface area (TPSA) is 71.2 Å². The first-order valence-electron chi connectivity index (χ1n) is 6.63. The predicted molar refractivity (Wildman–Crippen MR) is 80.4 cm³/mol. The maximum Gasteiger partial charge on any atom is 0.339 e. The highest BCUT2D eigenvalue weighted by Gasteiger charge is 2.14. The summed E-state index contributed by atoms with van der Waals surface area (Å²) < 4.78 is 4.70. The first-order valence-corrected chi connectivity index (χ1v) is 6.63. The molecule has 0 aliphatic rings. The van der Waals surface area contributed by atoms with E-state index in [1.165, 1.54) is 7.11 Å². The van der Waals surface area contributed by atoms with Gasteiger partial charge in [-0.15, -0.1) is 0 Å². The van der Waals surface area contributed by atoms with Crippen LogP contribution in [0.2, 0.25) is 0 Å². The Morgan fingerprint density at radius 1 is 1.24 bits per heavy atom. The molecule has 0 saturated heterocycles. The Morgan fingerprint density at radius 3 is 2.57 bits per heavy atom. The summed E-state index contributed by atoms with van der Waals surface area (Å²) in [5.74, 6) is -0.645. The van der Waals surface area contributed by atoms with Crippen molar-refractivity contribution in [1.82, 2.24) is 4.98 Å². The number of para-hydroxylation sites is 1. The molecule has 1 heterocycles. The van der Waals surface area contributed by atoms with Crippen LogP contribution in [0, 0.1) is 13.8 Å². The van der Waals surface area contributed by atoms with E-state index in [1.54, 1.807) is 24.3 Å². The monoisotopic (exact) mass is 286 g/mol. The lowest BCUT2D eigenvalue weighted by Crippen LogP contribution is -2.17. The van der Waals surface area contributed by atoms with Crippen LogP contribution in [0.25, 0.3) is 0 Å². The number of aryl methyl sites for hydroxylation is 2. The summed E-state index contributed by atoms with van der Waals surface area (Å²) in [5.41, 5.74) is 3.74. The standard InChI is InChI=1S/C16H18N2O3/c1-10-8-12(11(2)17-10)9-15(19)18-14-7-5-4-6-13(14)16(20)21-3/h4-8,17H,9H2,1-3H3,(H,18,19). The molecule has 1 amide bonds. The molecular weight excluding hydrogens is 268 g/mol. The van der Waals surface area contributed by atoms with Crippen LogP contribution < -0.4 is 5.32 Å². The molecule has 5 nitrogen and oxygen atoms in total. The van der Waals surface area contributed by atoms with Crippen LogP contribution in [0.5, 0.6) is 0 Å². The molecule has 0 radical (unpaired) electrons. The Hall–Kier alpha value is -2.56. The summed E-state index contributed by atoms with van der Waals surface area (Å²) in [7, 11) is 1.31. The molecule has 2 N–H and O–H groups in total. The highest BCUT2D eigenvalue weighted by molar-refractivity contribution is 6.01. The highest BCUT2D eigenvalue weighted by Crippen LogP contribution is 2.17. The Labute approximate surface area is 123 Å². The summed E-state index contributed by atoms with van der Waals surface area (Å²) in [6, 6.07) is 8.73. The lowest BCUT2D eigenvalue weighted by molar-refractivity contribution is -0.115. The number of methoxy groups -OCH3 is 1. The molecule has 0 fully saturated rings. The summed E-state index contributed by atoms with van der Waals surface area (Å²) in [5, 5.41) is 2.76. The molecule has 2 aromatic rings. The van der Waals surface area contributed by atoms with E-state index in [0.29, 0.717) is 11.3 Å². The van der Waals surface area contributed by atoms with Gasteiger partial charge >= 0.3 is 5.97 Å². The third-order valence-corrected chi connectivity index (χ3v) is 3.21. The molecule has 0 saturated carbocycles. The summed E-state index contributed by atoms with van der Waals surface area (Å²) in [6.07, 6.45) is 0.256. The predicted octanol–water partition coefficient (Wildman–Crippen LogP) is 2.60. The van der Waals surface area contributed by atoms with Crippen LogP contribution in [-0.2, 0) is 16.0 Å². The molecule has 2 rings (SSSR count). The number of nitrogens with one attached hydrogen (secondary N) is 2. The van der Waals surface area contributed by atoms with Crippen molar-refractivity contribution in [3.8, 4) is 0 Å². The van der Waals surface area contributed by atoms with Crippen molar-refractivity contribution in [2.24, 2.45) is 0 Å². The first kappa shape index (κ1) is 14.8. The van der Waals surface area contributed by atoms with Gasteiger partial charge in [-0.25, -0.2) is 4.79 Å². The number of amides is 1. The van der Waals surface area contributed by atoms with Crippen molar-refractivity contribution < 1.29 is 14.3 Å². The van der Waals surface area contributed by atoms with Gasteiger partial charge < -0.3 is 15.0 Å². The lowest BCUT2D eigenvalue weighted by Gasteiger charge is -2.09. The number of carbonyl (C=O) groups excluding carboxylic acids is 2. The van der Waals surface area contributed by atoms with Crippen molar-refractivity contribution in [2.45, 2.75) is 20.3 Å². The van der Waals surface area contributed by atoms with Crippen LogP contribution in [-0.4, -0.2) is 24.0 Å². The van der Waals surface area contributed by atoms with Crippen molar-refractivity contribution in [3.63, 3.8) is 0 Å². The number of hydrogen-bond donors (Lipinski definition) is 2. The van der Waals surface area contributed by atoms with Gasteiger partial charge in [-0.3, -0.25) is 4.79 Å². The molecule has 5 heteroatoms. The quantitative estimate of drug-likeness (QED) is 0.849. The Bertz CT molecular complexity index is 674. The average Bonchev–Trinajstić information content (AvgIpc) is 2.76. The van der Waals surface area contributed by atoms with E-state index in [0.717, 1.165) is 17.0 Å². The minimum Gasteiger partial charge on any atom is -0.465 e. The molecule has 1 aromatic heterocycles. The zero-order chi connectivity index (χ0) is 15.4. The molecular formula is C16H18N2O3. The fourth-order valence-corrected chi connectivity index (χ4v) is 2.21. The van der Waals surface area contributed by atoms with Gasteiger partial charge in [-0.1, -0.05) is 12.1 Å². The summed E-state index contributed by atoms with van der Waals surface area (Å²) >= 11 is 0. The first-order chi connectivity index (χ1) is 10.0. The minimum atomic E-state index is -0.473. The van der Waals surface area contributed by atoms with Gasteiger partial charge in [-0.05, 0) is 37.6 Å². The van der Waals surface area contributed by atoms with E-state index in [4.69, 9.17) is 4.74 Å². The van der Waals surface area contributed by atoms with E-state index in [-0.39, 0.29) is 12.3 Å². The number of anilines is 1. The number of ether oxygens (including phenoxy) is 1. The number of carbonyl (C=O) groups is 2. The molecule has 0 aliphatic heterocycles. The van der Waals surface area contributed by atoms with Crippen LogP contribution in [0.3, 0.4) is 0 Å². The molecule has 1 aromatic carbocycles. The van der Waals surface area contributed by atoms with E-state index in [2.05, 4.69) is 10.3 Å². The van der Waals surface area contributed by atoms with Gasteiger partial charge in [0.2, 0.25) is 5.91 Å². The van der Waals surface area contributed by atoms with Crippen LogP contribution >= 0.6 is 0 Å². The number of aromatic nitrogens is 1. The molecule has 0 atom stereocenters. The van der Waals surface area contributed by atoms with Gasteiger partial charge in [0.1, 0.15) is 0 Å². The number of rotatable bonds is 4. The Kier molecular flexibility index (Phi) is 4.42. The van der Waals surface area contributed by atoms with Crippen LogP contribution in [0.4, 0.5) is 5.69 Å². The van der Waals surface area contributed by atoms with Gasteiger partial charge in [-0.2, -0.15) is 0 Å².